The first-order valence-electron chi connectivity index (χ1n) is 6.61. The Morgan fingerprint density at radius 2 is 2.20 bits per heavy atom. The summed E-state index contributed by atoms with van der Waals surface area (Å²) in [6, 6.07) is 13.2. The minimum atomic E-state index is 0.185. The van der Waals surface area contributed by atoms with Gasteiger partial charge in [-0.05, 0) is 37.6 Å². The average molecular weight is 267 g/mol. The van der Waals surface area contributed by atoms with E-state index in [4.69, 9.17) is 10.00 Å². The molecule has 1 aromatic carbocycles. The minimum Gasteiger partial charge on any atom is -0.491 e. The first-order chi connectivity index (χ1) is 9.71. The zero-order valence-corrected chi connectivity index (χ0v) is 11.6. The number of nitrogens with one attached hydrogen (secondary N) is 1. The summed E-state index contributed by atoms with van der Waals surface area (Å²) in [5.74, 6) is 1.46. The quantitative estimate of drug-likeness (QED) is 0.893. The van der Waals surface area contributed by atoms with E-state index in [0.29, 0.717) is 11.4 Å². The Balaban J connectivity index is 2.13. The lowest BCUT2D eigenvalue weighted by molar-refractivity contribution is 0.217. The van der Waals surface area contributed by atoms with E-state index < -0.39 is 0 Å². The molecule has 1 unspecified atom stereocenters. The van der Waals surface area contributed by atoms with Gasteiger partial charge in [0.15, 0.2) is 0 Å². The van der Waals surface area contributed by atoms with Crippen LogP contribution in [0.4, 0.5) is 11.5 Å². The first kappa shape index (κ1) is 13.9. The molecular formula is C16H17N3O. The molecule has 2 aromatic rings. The molecule has 0 aliphatic heterocycles. The Hall–Kier alpha value is -2.54. The fourth-order valence-electron chi connectivity index (χ4n) is 1.68. The maximum absolute atomic E-state index is 8.87. The van der Waals surface area contributed by atoms with Crippen molar-refractivity contribution >= 4 is 11.5 Å². The van der Waals surface area contributed by atoms with Crippen LogP contribution in [0.15, 0.2) is 42.6 Å². The van der Waals surface area contributed by atoms with Gasteiger partial charge in [0.25, 0.3) is 0 Å². The number of nitrogens with zero attached hydrogens (tertiary/aromatic N) is 2. The van der Waals surface area contributed by atoms with Crippen molar-refractivity contribution in [3.05, 3.63) is 48.2 Å². The van der Waals surface area contributed by atoms with Crippen molar-refractivity contribution in [3.8, 4) is 11.8 Å². The van der Waals surface area contributed by atoms with Crippen molar-refractivity contribution in [1.82, 2.24) is 4.98 Å². The summed E-state index contributed by atoms with van der Waals surface area (Å²) in [6.45, 7) is 4.13. The van der Waals surface area contributed by atoms with Crippen LogP contribution in [0.2, 0.25) is 0 Å². The number of hydrogen-bond donors (Lipinski definition) is 1. The van der Waals surface area contributed by atoms with Crippen molar-refractivity contribution in [2.24, 2.45) is 0 Å². The summed E-state index contributed by atoms with van der Waals surface area (Å²) in [5.41, 5.74) is 1.46. The number of nitriles is 1. The number of hydrogen-bond acceptors (Lipinski definition) is 4. The standard InChI is InChI=1S/C16H17N3O/c1-3-12(2)20-15-6-4-5-14(10-15)19-16-9-13(11-17)7-8-18-16/h4-10,12H,3H2,1-2H3,(H,18,19). The average Bonchev–Trinajstić information content (AvgIpc) is 2.47. The highest BCUT2D eigenvalue weighted by atomic mass is 16.5. The molecule has 2 rings (SSSR count). The monoisotopic (exact) mass is 267 g/mol. The SMILES string of the molecule is CCC(C)Oc1cccc(Nc2cc(C#N)ccn2)c1. The first-order valence-corrected chi connectivity index (χ1v) is 6.61. The van der Waals surface area contributed by atoms with Crippen molar-refractivity contribution in [3.63, 3.8) is 0 Å². The second kappa shape index (κ2) is 6.58. The third-order valence-corrected chi connectivity index (χ3v) is 2.91. The minimum absolute atomic E-state index is 0.185. The van der Waals surface area contributed by atoms with Crippen LogP contribution in [0, 0.1) is 11.3 Å². The molecule has 102 valence electrons. The van der Waals surface area contributed by atoms with Gasteiger partial charge < -0.3 is 10.1 Å². The lowest BCUT2D eigenvalue weighted by Gasteiger charge is -2.13. The van der Waals surface area contributed by atoms with Crippen LogP contribution in [0.5, 0.6) is 5.75 Å². The Morgan fingerprint density at radius 3 is 2.95 bits per heavy atom. The topological polar surface area (TPSA) is 57.9 Å². The fourth-order valence-corrected chi connectivity index (χ4v) is 1.68. The second-order valence-corrected chi connectivity index (χ2v) is 4.53. The third kappa shape index (κ3) is 3.72. The van der Waals surface area contributed by atoms with Crippen molar-refractivity contribution in [1.29, 1.82) is 5.26 Å². The van der Waals surface area contributed by atoms with Gasteiger partial charge in [-0.15, -0.1) is 0 Å². The lowest BCUT2D eigenvalue weighted by Crippen LogP contribution is -2.09. The summed E-state index contributed by atoms with van der Waals surface area (Å²) in [5, 5.41) is 12.0. The molecule has 4 nitrogen and oxygen atoms in total. The van der Waals surface area contributed by atoms with Crippen LogP contribution in [0.25, 0.3) is 0 Å². The predicted molar refractivity (Wildman–Crippen MR) is 79.1 cm³/mol. The number of benzene rings is 1. The molecule has 0 spiro atoms. The molecule has 0 aliphatic rings. The van der Waals surface area contributed by atoms with Gasteiger partial charge in [0.1, 0.15) is 11.6 Å². The summed E-state index contributed by atoms with van der Waals surface area (Å²) >= 11 is 0. The van der Waals surface area contributed by atoms with Gasteiger partial charge in [0.2, 0.25) is 0 Å². The molecule has 1 N–H and O–H groups in total. The molecule has 0 bridgehead atoms. The molecule has 0 saturated carbocycles. The highest BCUT2D eigenvalue weighted by molar-refractivity contribution is 5.59. The van der Waals surface area contributed by atoms with Crippen LogP contribution in [-0.2, 0) is 0 Å². The Morgan fingerprint density at radius 1 is 1.35 bits per heavy atom. The van der Waals surface area contributed by atoms with Gasteiger partial charge in [0, 0.05) is 18.0 Å². The molecule has 0 amide bonds. The van der Waals surface area contributed by atoms with E-state index in [0.717, 1.165) is 17.9 Å². The van der Waals surface area contributed by atoms with E-state index in [1.807, 2.05) is 31.2 Å². The number of rotatable bonds is 5. The third-order valence-electron chi connectivity index (χ3n) is 2.91. The molecule has 0 aliphatic carbocycles. The Labute approximate surface area is 119 Å². The lowest BCUT2D eigenvalue weighted by atomic mass is 10.2. The van der Waals surface area contributed by atoms with Crippen LogP contribution in [0.1, 0.15) is 25.8 Å². The van der Waals surface area contributed by atoms with Crippen molar-refractivity contribution in [2.45, 2.75) is 26.4 Å². The number of ether oxygens (including phenoxy) is 1. The maximum atomic E-state index is 8.87. The molecule has 1 aromatic heterocycles. The van der Waals surface area contributed by atoms with Gasteiger partial charge >= 0.3 is 0 Å². The van der Waals surface area contributed by atoms with E-state index >= 15 is 0 Å². The van der Waals surface area contributed by atoms with Crippen molar-refractivity contribution in [2.75, 3.05) is 5.32 Å². The molecule has 4 heteroatoms. The van der Waals surface area contributed by atoms with E-state index in [2.05, 4.69) is 23.3 Å². The van der Waals surface area contributed by atoms with Crippen LogP contribution >= 0.6 is 0 Å². The van der Waals surface area contributed by atoms with Crippen molar-refractivity contribution < 1.29 is 4.74 Å². The van der Waals surface area contributed by atoms with E-state index in [1.54, 1.807) is 18.3 Å². The second-order valence-electron chi connectivity index (χ2n) is 4.53. The molecular weight excluding hydrogens is 250 g/mol. The van der Waals surface area contributed by atoms with E-state index in [-0.39, 0.29) is 6.10 Å². The number of pyridine rings is 1. The highest BCUT2D eigenvalue weighted by Crippen LogP contribution is 2.22. The molecule has 1 atom stereocenters. The molecule has 0 radical (unpaired) electrons. The van der Waals surface area contributed by atoms with Gasteiger partial charge in [-0.2, -0.15) is 5.26 Å². The van der Waals surface area contributed by atoms with Gasteiger partial charge in [-0.1, -0.05) is 13.0 Å². The largest absolute Gasteiger partial charge is 0.491 e. The fraction of sp³-hybridized carbons (Fsp3) is 0.250. The molecule has 20 heavy (non-hydrogen) atoms. The maximum Gasteiger partial charge on any atom is 0.131 e. The van der Waals surface area contributed by atoms with Gasteiger partial charge in [-0.3, -0.25) is 0 Å². The van der Waals surface area contributed by atoms with Gasteiger partial charge in [0.05, 0.1) is 17.7 Å². The summed E-state index contributed by atoms with van der Waals surface area (Å²) in [6.07, 6.45) is 2.76. The Bertz CT molecular complexity index is 619. The smallest absolute Gasteiger partial charge is 0.131 e. The van der Waals surface area contributed by atoms with E-state index in [1.165, 1.54) is 0 Å². The number of anilines is 2. The van der Waals surface area contributed by atoms with Crippen LogP contribution in [-0.4, -0.2) is 11.1 Å². The summed E-state index contributed by atoms with van der Waals surface area (Å²) in [7, 11) is 0. The number of aromatic nitrogens is 1. The van der Waals surface area contributed by atoms with Crippen LogP contribution in [0.3, 0.4) is 0 Å². The summed E-state index contributed by atoms with van der Waals surface area (Å²) < 4.78 is 5.77. The predicted octanol–water partition coefficient (Wildman–Crippen LogP) is 3.87. The highest BCUT2D eigenvalue weighted by Gasteiger charge is 2.03. The zero-order chi connectivity index (χ0) is 14.4. The van der Waals surface area contributed by atoms with Crippen LogP contribution < -0.4 is 10.1 Å². The van der Waals surface area contributed by atoms with Gasteiger partial charge in [-0.25, -0.2) is 4.98 Å². The zero-order valence-electron chi connectivity index (χ0n) is 11.6. The molecule has 1 heterocycles. The Kier molecular flexibility index (Phi) is 4.56. The van der Waals surface area contributed by atoms with E-state index in [9.17, 15) is 0 Å². The normalized spacial score (nSPS) is 11.4. The molecule has 0 saturated heterocycles. The molecule has 0 fully saturated rings. The summed E-state index contributed by atoms with van der Waals surface area (Å²) in [4.78, 5) is 4.19.